The number of rotatable bonds is 6. The monoisotopic (exact) mass is 383 g/mol. The van der Waals surface area contributed by atoms with Gasteiger partial charge in [-0.1, -0.05) is 29.8 Å². The highest BCUT2D eigenvalue weighted by atomic mass is 35.5. The summed E-state index contributed by atoms with van der Waals surface area (Å²) in [6.45, 7) is 0. The highest BCUT2D eigenvalue weighted by molar-refractivity contribution is 6.32. The summed E-state index contributed by atoms with van der Waals surface area (Å²) >= 11 is 6.14. The third-order valence-electron chi connectivity index (χ3n) is 3.82. The number of methoxy groups -OCH3 is 2. The molecule has 1 N–H and O–H groups in total. The predicted octanol–water partition coefficient (Wildman–Crippen LogP) is 5.40. The number of para-hydroxylation sites is 1. The van der Waals surface area contributed by atoms with Gasteiger partial charge in [-0.3, -0.25) is 4.79 Å². The lowest BCUT2D eigenvalue weighted by atomic mass is 10.2. The van der Waals surface area contributed by atoms with Crippen molar-refractivity contribution in [1.29, 1.82) is 0 Å². The molecular formula is C21H18ClNO4. The van der Waals surface area contributed by atoms with Gasteiger partial charge < -0.3 is 19.5 Å². The van der Waals surface area contributed by atoms with E-state index in [1.807, 2.05) is 30.3 Å². The normalized spacial score (nSPS) is 10.2. The Morgan fingerprint density at radius 1 is 0.852 bits per heavy atom. The highest BCUT2D eigenvalue weighted by Crippen LogP contribution is 2.36. The van der Waals surface area contributed by atoms with Gasteiger partial charge in [0.2, 0.25) is 0 Å². The molecule has 0 saturated carbocycles. The minimum atomic E-state index is -0.291. The Bertz CT molecular complexity index is 927. The first kappa shape index (κ1) is 18.6. The number of benzene rings is 3. The van der Waals surface area contributed by atoms with E-state index >= 15 is 0 Å². The van der Waals surface area contributed by atoms with Crippen LogP contribution in [0.1, 0.15) is 10.4 Å². The third-order valence-corrected chi connectivity index (χ3v) is 4.11. The molecule has 3 aromatic carbocycles. The van der Waals surface area contributed by atoms with Crippen LogP contribution in [0.25, 0.3) is 0 Å². The average molecular weight is 384 g/mol. The minimum Gasteiger partial charge on any atom is -0.495 e. The number of carbonyl (C=O) groups is 1. The Kier molecular flexibility index (Phi) is 5.84. The first-order valence-corrected chi connectivity index (χ1v) is 8.54. The third kappa shape index (κ3) is 4.51. The Balaban J connectivity index is 1.74. The van der Waals surface area contributed by atoms with Crippen LogP contribution in [0, 0.1) is 0 Å². The Labute approximate surface area is 162 Å². The Hall–Kier alpha value is -3.18. The zero-order valence-corrected chi connectivity index (χ0v) is 15.6. The van der Waals surface area contributed by atoms with Crippen LogP contribution in [0.15, 0.2) is 66.7 Å². The van der Waals surface area contributed by atoms with E-state index in [4.69, 9.17) is 25.8 Å². The number of amides is 1. The molecule has 0 radical (unpaired) electrons. The van der Waals surface area contributed by atoms with Crippen LogP contribution in [0.4, 0.5) is 5.69 Å². The quantitative estimate of drug-likeness (QED) is 0.619. The topological polar surface area (TPSA) is 56.8 Å². The van der Waals surface area contributed by atoms with Gasteiger partial charge in [0, 0.05) is 11.6 Å². The fourth-order valence-corrected chi connectivity index (χ4v) is 2.69. The van der Waals surface area contributed by atoms with E-state index in [0.29, 0.717) is 33.5 Å². The molecule has 0 unspecified atom stereocenters. The van der Waals surface area contributed by atoms with Gasteiger partial charge in [-0.25, -0.2) is 0 Å². The lowest BCUT2D eigenvalue weighted by Crippen LogP contribution is -2.12. The van der Waals surface area contributed by atoms with Crippen LogP contribution in [0.2, 0.25) is 5.02 Å². The molecule has 0 heterocycles. The summed E-state index contributed by atoms with van der Waals surface area (Å²) in [5.74, 6) is 2.00. The molecule has 138 valence electrons. The molecule has 0 aliphatic carbocycles. The molecule has 0 aliphatic heterocycles. The summed E-state index contributed by atoms with van der Waals surface area (Å²) in [6, 6.07) is 19.5. The Morgan fingerprint density at radius 3 is 2.11 bits per heavy atom. The van der Waals surface area contributed by atoms with Crippen LogP contribution in [0.5, 0.6) is 23.0 Å². The van der Waals surface area contributed by atoms with Crippen molar-refractivity contribution in [3.05, 3.63) is 77.3 Å². The second kappa shape index (κ2) is 8.47. The van der Waals surface area contributed by atoms with Crippen LogP contribution in [0.3, 0.4) is 0 Å². The van der Waals surface area contributed by atoms with Gasteiger partial charge in [0.05, 0.1) is 24.9 Å². The van der Waals surface area contributed by atoms with Gasteiger partial charge >= 0.3 is 0 Å². The van der Waals surface area contributed by atoms with Crippen molar-refractivity contribution in [3.8, 4) is 23.0 Å². The van der Waals surface area contributed by atoms with E-state index in [0.717, 1.165) is 5.75 Å². The van der Waals surface area contributed by atoms with E-state index in [1.54, 1.807) is 36.4 Å². The molecule has 0 aromatic heterocycles. The second-order valence-corrected chi connectivity index (χ2v) is 5.99. The van der Waals surface area contributed by atoms with Gasteiger partial charge in [0.25, 0.3) is 5.91 Å². The molecule has 0 fully saturated rings. The number of hydrogen-bond donors (Lipinski definition) is 1. The number of ether oxygens (including phenoxy) is 3. The number of halogens is 1. The zero-order chi connectivity index (χ0) is 19.2. The molecule has 5 nitrogen and oxygen atoms in total. The lowest BCUT2D eigenvalue weighted by Gasteiger charge is -2.13. The van der Waals surface area contributed by atoms with Crippen molar-refractivity contribution in [2.24, 2.45) is 0 Å². The summed E-state index contributed by atoms with van der Waals surface area (Å²) < 4.78 is 16.2. The van der Waals surface area contributed by atoms with Crippen molar-refractivity contribution in [2.75, 3.05) is 19.5 Å². The van der Waals surface area contributed by atoms with Crippen molar-refractivity contribution in [2.45, 2.75) is 0 Å². The second-order valence-electron chi connectivity index (χ2n) is 5.58. The largest absolute Gasteiger partial charge is 0.495 e. The standard InChI is InChI=1S/C21H18ClNO4/c1-25-19-13-20(26-2)18(12-17(19)22)23-21(24)14-8-10-16(11-9-14)27-15-6-4-3-5-7-15/h3-13H,1-2H3,(H,23,24). The van der Waals surface area contributed by atoms with Crippen molar-refractivity contribution >= 4 is 23.2 Å². The van der Waals surface area contributed by atoms with Gasteiger partial charge in [-0.2, -0.15) is 0 Å². The molecule has 0 aliphatic rings. The molecule has 6 heteroatoms. The summed E-state index contributed by atoms with van der Waals surface area (Å²) in [7, 11) is 3.02. The summed E-state index contributed by atoms with van der Waals surface area (Å²) in [6.07, 6.45) is 0. The SMILES string of the molecule is COc1cc(OC)c(NC(=O)c2ccc(Oc3ccccc3)cc2)cc1Cl. The van der Waals surface area contributed by atoms with Crippen LogP contribution >= 0.6 is 11.6 Å². The molecule has 1 amide bonds. The van der Waals surface area contributed by atoms with Crippen molar-refractivity contribution in [1.82, 2.24) is 0 Å². The number of anilines is 1. The smallest absolute Gasteiger partial charge is 0.255 e. The fourth-order valence-electron chi connectivity index (χ4n) is 2.45. The molecule has 0 spiro atoms. The van der Waals surface area contributed by atoms with E-state index in [-0.39, 0.29) is 5.91 Å². The maximum Gasteiger partial charge on any atom is 0.255 e. The van der Waals surface area contributed by atoms with E-state index in [2.05, 4.69) is 5.32 Å². The summed E-state index contributed by atoms with van der Waals surface area (Å²) in [5, 5.41) is 3.17. The fraction of sp³-hybridized carbons (Fsp3) is 0.0952. The summed E-state index contributed by atoms with van der Waals surface area (Å²) in [4.78, 5) is 12.5. The first-order chi connectivity index (χ1) is 13.1. The highest BCUT2D eigenvalue weighted by Gasteiger charge is 2.14. The molecule has 3 aromatic rings. The van der Waals surface area contributed by atoms with Crippen LogP contribution in [-0.4, -0.2) is 20.1 Å². The van der Waals surface area contributed by atoms with Crippen molar-refractivity contribution in [3.63, 3.8) is 0 Å². The molecule has 27 heavy (non-hydrogen) atoms. The predicted molar refractivity (Wildman–Crippen MR) is 105 cm³/mol. The van der Waals surface area contributed by atoms with Gasteiger partial charge in [-0.15, -0.1) is 0 Å². The number of hydrogen-bond acceptors (Lipinski definition) is 4. The number of nitrogens with one attached hydrogen (secondary N) is 1. The van der Waals surface area contributed by atoms with Crippen molar-refractivity contribution < 1.29 is 19.0 Å². The summed E-state index contributed by atoms with van der Waals surface area (Å²) in [5.41, 5.74) is 0.933. The zero-order valence-electron chi connectivity index (χ0n) is 14.9. The maximum absolute atomic E-state index is 12.5. The van der Waals surface area contributed by atoms with E-state index in [1.165, 1.54) is 14.2 Å². The lowest BCUT2D eigenvalue weighted by molar-refractivity contribution is 0.102. The van der Waals surface area contributed by atoms with Gasteiger partial charge in [0.15, 0.2) is 0 Å². The first-order valence-electron chi connectivity index (χ1n) is 8.16. The Morgan fingerprint density at radius 2 is 1.48 bits per heavy atom. The average Bonchev–Trinajstić information content (AvgIpc) is 2.69. The maximum atomic E-state index is 12.5. The van der Waals surface area contributed by atoms with E-state index < -0.39 is 0 Å². The molecule has 3 rings (SSSR count). The molecular weight excluding hydrogens is 366 g/mol. The molecule has 0 saturated heterocycles. The van der Waals surface area contributed by atoms with Crippen LogP contribution in [-0.2, 0) is 0 Å². The minimum absolute atomic E-state index is 0.291. The van der Waals surface area contributed by atoms with Crippen LogP contribution < -0.4 is 19.5 Å². The van der Waals surface area contributed by atoms with E-state index in [9.17, 15) is 4.79 Å². The van der Waals surface area contributed by atoms with Gasteiger partial charge in [-0.05, 0) is 42.5 Å². The number of carbonyl (C=O) groups excluding carboxylic acids is 1. The molecule has 0 bridgehead atoms. The molecule has 0 atom stereocenters. The van der Waals surface area contributed by atoms with Gasteiger partial charge in [0.1, 0.15) is 23.0 Å².